The first-order chi connectivity index (χ1) is 12.3. The standard InChI is InChI=1S/C20H24ClN3S/c1-22-20(14-25-15-23-18-6-4-5-17(21)13-18)16-7-9-19(10-8-16)24-11-2-3-12-24/h4-10,13-14,22-23H,2-3,11-12,15H2,1H3/b20-14-. The molecule has 1 saturated heterocycles. The van der Waals surface area contributed by atoms with E-state index in [0.29, 0.717) is 0 Å². The van der Waals surface area contributed by atoms with Crippen molar-refractivity contribution in [1.29, 1.82) is 0 Å². The van der Waals surface area contributed by atoms with Gasteiger partial charge >= 0.3 is 0 Å². The third kappa shape index (κ3) is 5.10. The van der Waals surface area contributed by atoms with E-state index in [1.165, 1.54) is 37.2 Å². The van der Waals surface area contributed by atoms with Crippen molar-refractivity contribution in [3.63, 3.8) is 0 Å². The second-order valence-corrected chi connectivity index (χ2v) is 7.31. The SMILES string of the molecule is CN/C(=C\SCNc1cccc(Cl)c1)c1ccc(N2CCCC2)cc1. The Morgan fingerprint density at radius 2 is 1.92 bits per heavy atom. The molecule has 0 amide bonds. The number of benzene rings is 2. The summed E-state index contributed by atoms with van der Waals surface area (Å²) >= 11 is 7.72. The van der Waals surface area contributed by atoms with Crippen molar-refractivity contribution in [3.05, 3.63) is 64.5 Å². The second kappa shape index (κ2) is 9.07. The highest BCUT2D eigenvalue weighted by Gasteiger charge is 2.12. The molecule has 0 spiro atoms. The van der Waals surface area contributed by atoms with E-state index in [9.17, 15) is 0 Å². The summed E-state index contributed by atoms with van der Waals surface area (Å²) in [5.41, 5.74) is 4.70. The molecule has 0 unspecified atom stereocenters. The highest BCUT2D eigenvalue weighted by molar-refractivity contribution is 8.02. The van der Waals surface area contributed by atoms with Crippen molar-refractivity contribution >= 4 is 40.4 Å². The van der Waals surface area contributed by atoms with Crippen molar-refractivity contribution in [2.24, 2.45) is 0 Å². The molecule has 0 bridgehead atoms. The smallest absolute Gasteiger partial charge is 0.0652 e. The van der Waals surface area contributed by atoms with E-state index in [1.807, 2.05) is 31.3 Å². The molecule has 25 heavy (non-hydrogen) atoms. The van der Waals surface area contributed by atoms with Gasteiger partial charge in [-0.3, -0.25) is 0 Å². The molecule has 1 aliphatic heterocycles. The Morgan fingerprint density at radius 1 is 1.16 bits per heavy atom. The average molecular weight is 374 g/mol. The highest BCUT2D eigenvalue weighted by Crippen LogP contribution is 2.24. The Hall–Kier alpha value is -1.78. The Bertz CT molecular complexity index is 709. The molecule has 1 fully saturated rings. The van der Waals surface area contributed by atoms with Crippen LogP contribution in [0.3, 0.4) is 0 Å². The number of halogens is 1. The molecule has 0 aliphatic carbocycles. The third-order valence-electron chi connectivity index (χ3n) is 4.30. The van der Waals surface area contributed by atoms with Gasteiger partial charge in [-0.2, -0.15) is 0 Å². The lowest BCUT2D eigenvalue weighted by atomic mass is 10.1. The Labute approximate surface area is 159 Å². The number of anilines is 2. The summed E-state index contributed by atoms with van der Waals surface area (Å²) in [6, 6.07) is 16.6. The number of nitrogens with one attached hydrogen (secondary N) is 2. The minimum atomic E-state index is 0.750. The minimum Gasteiger partial charge on any atom is -0.387 e. The number of hydrogen-bond acceptors (Lipinski definition) is 4. The molecule has 3 nitrogen and oxygen atoms in total. The fraction of sp³-hybridized carbons (Fsp3) is 0.300. The second-order valence-electron chi connectivity index (χ2n) is 6.02. The van der Waals surface area contributed by atoms with E-state index in [2.05, 4.69) is 45.2 Å². The van der Waals surface area contributed by atoms with Gasteiger partial charge in [-0.1, -0.05) is 29.8 Å². The van der Waals surface area contributed by atoms with Crippen LogP contribution in [0.25, 0.3) is 5.70 Å². The van der Waals surface area contributed by atoms with E-state index in [-0.39, 0.29) is 0 Å². The monoisotopic (exact) mass is 373 g/mol. The summed E-state index contributed by atoms with van der Waals surface area (Å²) in [7, 11) is 1.96. The third-order valence-corrected chi connectivity index (χ3v) is 5.25. The lowest BCUT2D eigenvalue weighted by Gasteiger charge is -2.18. The fourth-order valence-electron chi connectivity index (χ4n) is 2.95. The van der Waals surface area contributed by atoms with Crippen molar-refractivity contribution in [2.75, 3.05) is 36.2 Å². The van der Waals surface area contributed by atoms with Crippen LogP contribution in [0.4, 0.5) is 11.4 Å². The number of nitrogens with zero attached hydrogens (tertiary/aromatic N) is 1. The van der Waals surface area contributed by atoms with E-state index in [4.69, 9.17) is 11.6 Å². The average Bonchev–Trinajstić information content (AvgIpc) is 3.17. The van der Waals surface area contributed by atoms with Crippen molar-refractivity contribution < 1.29 is 0 Å². The lowest BCUT2D eigenvalue weighted by molar-refractivity contribution is 0.949. The van der Waals surface area contributed by atoms with Gasteiger partial charge in [-0.25, -0.2) is 0 Å². The predicted octanol–water partition coefficient (Wildman–Crippen LogP) is 5.26. The van der Waals surface area contributed by atoms with Gasteiger partial charge in [-0.15, -0.1) is 11.8 Å². The zero-order valence-corrected chi connectivity index (χ0v) is 16.0. The van der Waals surface area contributed by atoms with E-state index < -0.39 is 0 Å². The number of hydrogen-bond donors (Lipinski definition) is 2. The molecule has 5 heteroatoms. The van der Waals surface area contributed by atoms with Gasteiger partial charge in [0.2, 0.25) is 0 Å². The Kier molecular flexibility index (Phi) is 6.54. The first-order valence-electron chi connectivity index (χ1n) is 8.60. The van der Waals surface area contributed by atoms with E-state index >= 15 is 0 Å². The highest BCUT2D eigenvalue weighted by atomic mass is 35.5. The molecule has 0 radical (unpaired) electrons. The van der Waals surface area contributed by atoms with Crippen LogP contribution < -0.4 is 15.5 Å². The molecule has 132 valence electrons. The van der Waals surface area contributed by atoms with E-state index in [0.717, 1.165) is 22.3 Å². The molecule has 0 atom stereocenters. The first kappa shape index (κ1) is 18.0. The topological polar surface area (TPSA) is 27.3 Å². The van der Waals surface area contributed by atoms with Crippen LogP contribution in [0, 0.1) is 0 Å². The van der Waals surface area contributed by atoms with Gasteiger partial charge in [0.1, 0.15) is 0 Å². The van der Waals surface area contributed by atoms with Gasteiger partial charge in [0, 0.05) is 42.2 Å². The summed E-state index contributed by atoms with van der Waals surface area (Å²) in [5.74, 6) is 0.789. The van der Waals surface area contributed by atoms with E-state index in [1.54, 1.807) is 11.8 Å². The molecule has 3 rings (SSSR count). The fourth-order valence-corrected chi connectivity index (χ4v) is 3.89. The largest absolute Gasteiger partial charge is 0.387 e. The number of rotatable bonds is 7. The Morgan fingerprint density at radius 3 is 2.60 bits per heavy atom. The molecule has 0 saturated carbocycles. The molecule has 2 aromatic carbocycles. The van der Waals surface area contributed by atoms with Gasteiger partial charge < -0.3 is 15.5 Å². The van der Waals surface area contributed by atoms with Crippen LogP contribution in [0.5, 0.6) is 0 Å². The summed E-state index contributed by atoms with van der Waals surface area (Å²) in [5, 5.41) is 9.56. The van der Waals surface area contributed by atoms with Gasteiger partial charge in [-0.05, 0) is 54.1 Å². The molecule has 0 aromatic heterocycles. The van der Waals surface area contributed by atoms with Crippen LogP contribution in [-0.4, -0.2) is 26.0 Å². The van der Waals surface area contributed by atoms with Crippen molar-refractivity contribution in [2.45, 2.75) is 12.8 Å². The summed E-state index contributed by atoms with van der Waals surface area (Å²) in [6.45, 7) is 2.36. The molecular weight excluding hydrogens is 350 g/mol. The molecule has 2 aromatic rings. The normalized spacial score (nSPS) is 14.6. The van der Waals surface area contributed by atoms with Crippen molar-refractivity contribution in [3.8, 4) is 0 Å². The number of thioether (sulfide) groups is 1. The van der Waals surface area contributed by atoms with Crippen LogP contribution in [0.2, 0.25) is 5.02 Å². The maximum Gasteiger partial charge on any atom is 0.0652 e. The molecule has 1 aliphatic rings. The van der Waals surface area contributed by atoms with Crippen molar-refractivity contribution in [1.82, 2.24) is 5.32 Å². The van der Waals surface area contributed by atoms with Gasteiger partial charge in [0.25, 0.3) is 0 Å². The molecule has 1 heterocycles. The van der Waals surface area contributed by atoms with Crippen LogP contribution in [0.1, 0.15) is 18.4 Å². The summed E-state index contributed by atoms with van der Waals surface area (Å²) in [4.78, 5) is 2.45. The summed E-state index contributed by atoms with van der Waals surface area (Å²) < 4.78 is 0. The predicted molar refractivity (Wildman–Crippen MR) is 112 cm³/mol. The first-order valence-corrected chi connectivity index (χ1v) is 10.0. The molecular formula is C20H24ClN3S. The summed E-state index contributed by atoms with van der Waals surface area (Å²) in [6.07, 6.45) is 2.61. The van der Waals surface area contributed by atoms with Crippen LogP contribution in [-0.2, 0) is 0 Å². The maximum absolute atomic E-state index is 6.00. The maximum atomic E-state index is 6.00. The van der Waals surface area contributed by atoms with Crippen LogP contribution in [0.15, 0.2) is 53.9 Å². The zero-order chi connectivity index (χ0) is 17.5. The lowest BCUT2D eigenvalue weighted by Crippen LogP contribution is -2.17. The quantitative estimate of drug-likeness (QED) is 0.511. The van der Waals surface area contributed by atoms with Gasteiger partial charge in [0.05, 0.1) is 5.88 Å². The Balaban J connectivity index is 1.56. The van der Waals surface area contributed by atoms with Crippen LogP contribution >= 0.6 is 23.4 Å². The van der Waals surface area contributed by atoms with Gasteiger partial charge in [0.15, 0.2) is 0 Å². The minimum absolute atomic E-state index is 0.750. The molecule has 2 N–H and O–H groups in total. The zero-order valence-electron chi connectivity index (χ0n) is 14.5.